The van der Waals surface area contributed by atoms with Crippen molar-refractivity contribution in [1.29, 1.82) is 0 Å². The lowest BCUT2D eigenvalue weighted by atomic mass is 9.92. The minimum Gasteiger partial charge on any atom is -0.302 e. The highest BCUT2D eigenvalue weighted by Gasteiger charge is 2.22. The molecule has 0 atom stereocenters. The van der Waals surface area contributed by atoms with Crippen molar-refractivity contribution in [3.05, 3.63) is 21.1 Å². The standard InChI is InChI=1S/C11H17BrClN3/c1-11(2,3)9-8(12)10(13)15-7(14-9)6-16(4)5/h6H2,1-5H3. The maximum absolute atomic E-state index is 6.09. The van der Waals surface area contributed by atoms with Crippen LogP contribution in [-0.2, 0) is 12.0 Å². The minimum atomic E-state index is -0.0491. The van der Waals surface area contributed by atoms with Crippen LogP contribution in [0.4, 0.5) is 0 Å². The maximum Gasteiger partial charge on any atom is 0.147 e. The Balaban J connectivity index is 3.23. The van der Waals surface area contributed by atoms with E-state index in [1.165, 1.54) is 0 Å². The summed E-state index contributed by atoms with van der Waals surface area (Å²) >= 11 is 9.54. The molecule has 0 N–H and O–H groups in total. The van der Waals surface area contributed by atoms with Crippen LogP contribution in [0, 0.1) is 0 Å². The van der Waals surface area contributed by atoms with Gasteiger partial charge in [0.05, 0.1) is 16.7 Å². The van der Waals surface area contributed by atoms with Gasteiger partial charge in [0.15, 0.2) is 0 Å². The van der Waals surface area contributed by atoms with E-state index in [9.17, 15) is 0 Å². The van der Waals surface area contributed by atoms with E-state index in [1.807, 2.05) is 19.0 Å². The Bertz CT molecular complexity index is 386. The molecule has 0 aliphatic heterocycles. The van der Waals surface area contributed by atoms with Gasteiger partial charge in [-0.25, -0.2) is 9.97 Å². The van der Waals surface area contributed by atoms with Crippen molar-refractivity contribution in [2.45, 2.75) is 32.7 Å². The summed E-state index contributed by atoms with van der Waals surface area (Å²) in [5, 5.41) is 0.483. The van der Waals surface area contributed by atoms with Crippen molar-refractivity contribution < 1.29 is 0 Å². The molecule has 0 amide bonds. The number of aromatic nitrogens is 2. The highest BCUT2D eigenvalue weighted by atomic mass is 79.9. The summed E-state index contributed by atoms with van der Waals surface area (Å²) in [4.78, 5) is 10.8. The molecule has 0 saturated carbocycles. The van der Waals surface area contributed by atoms with Gasteiger partial charge < -0.3 is 4.90 Å². The lowest BCUT2D eigenvalue weighted by Gasteiger charge is -2.21. The van der Waals surface area contributed by atoms with E-state index in [0.717, 1.165) is 16.0 Å². The molecule has 90 valence electrons. The summed E-state index contributed by atoms with van der Waals surface area (Å²) < 4.78 is 0.796. The van der Waals surface area contributed by atoms with Gasteiger partial charge in [-0.2, -0.15) is 0 Å². The van der Waals surface area contributed by atoms with Crippen LogP contribution in [0.3, 0.4) is 0 Å². The van der Waals surface area contributed by atoms with E-state index in [-0.39, 0.29) is 5.41 Å². The highest BCUT2D eigenvalue weighted by molar-refractivity contribution is 9.10. The molecule has 0 fully saturated rings. The van der Waals surface area contributed by atoms with Crippen LogP contribution in [-0.4, -0.2) is 29.0 Å². The fourth-order valence-corrected chi connectivity index (χ4v) is 2.27. The lowest BCUT2D eigenvalue weighted by Crippen LogP contribution is -2.20. The second-order valence-electron chi connectivity index (χ2n) is 5.08. The molecule has 0 aliphatic carbocycles. The van der Waals surface area contributed by atoms with Gasteiger partial charge in [-0.05, 0) is 30.0 Å². The van der Waals surface area contributed by atoms with E-state index in [0.29, 0.717) is 11.7 Å². The second kappa shape index (κ2) is 4.98. The van der Waals surface area contributed by atoms with E-state index in [2.05, 4.69) is 46.7 Å². The van der Waals surface area contributed by atoms with Crippen LogP contribution >= 0.6 is 27.5 Å². The average Bonchev–Trinajstić information content (AvgIpc) is 2.08. The van der Waals surface area contributed by atoms with Gasteiger partial charge in [0.1, 0.15) is 11.0 Å². The zero-order valence-electron chi connectivity index (χ0n) is 10.3. The van der Waals surface area contributed by atoms with Crippen LogP contribution in [0.5, 0.6) is 0 Å². The molecule has 0 spiro atoms. The molecular formula is C11H17BrClN3. The Morgan fingerprint density at radius 3 is 2.25 bits per heavy atom. The summed E-state index contributed by atoms with van der Waals surface area (Å²) in [6.07, 6.45) is 0. The number of nitrogens with zero attached hydrogens (tertiary/aromatic N) is 3. The van der Waals surface area contributed by atoms with Gasteiger partial charge in [0.2, 0.25) is 0 Å². The molecule has 0 bridgehead atoms. The summed E-state index contributed by atoms with van der Waals surface area (Å²) in [5.74, 6) is 0.753. The number of hydrogen-bond acceptors (Lipinski definition) is 3. The van der Waals surface area contributed by atoms with Crippen LogP contribution < -0.4 is 0 Å². The molecular weight excluding hydrogens is 289 g/mol. The Labute approximate surface area is 110 Å². The largest absolute Gasteiger partial charge is 0.302 e. The maximum atomic E-state index is 6.09. The topological polar surface area (TPSA) is 29.0 Å². The number of rotatable bonds is 2. The molecule has 1 aromatic rings. The van der Waals surface area contributed by atoms with Gasteiger partial charge in [-0.3, -0.25) is 0 Å². The molecule has 5 heteroatoms. The van der Waals surface area contributed by atoms with E-state index in [1.54, 1.807) is 0 Å². The molecule has 3 nitrogen and oxygen atoms in total. The number of halogens is 2. The lowest BCUT2D eigenvalue weighted by molar-refractivity contribution is 0.387. The van der Waals surface area contributed by atoms with Gasteiger partial charge in [0, 0.05) is 5.41 Å². The summed E-state index contributed by atoms with van der Waals surface area (Å²) in [5.41, 5.74) is 0.899. The third kappa shape index (κ3) is 3.40. The van der Waals surface area contributed by atoms with Crippen molar-refractivity contribution in [2.24, 2.45) is 0 Å². The van der Waals surface area contributed by atoms with Gasteiger partial charge in [-0.1, -0.05) is 32.4 Å². The molecule has 0 unspecified atom stereocenters. The molecule has 0 radical (unpaired) electrons. The first kappa shape index (κ1) is 13.9. The molecule has 16 heavy (non-hydrogen) atoms. The smallest absolute Gasteiger partial charge is 0.147 e. The normalized spacial score (nSPS) is 12.2. The molecule has 0 aliphatic rings. The monoisotopic (exact) mass is 305 g/mol. The van der Waals surface area contributed by atoms with Crippen LogP contribution in [0.15, 0.2) is 4.47 Å². The fraction of sp³-hybridized carbons (Fsp3) is 0.636. The first-order chi connectivity index (χ1) is 7.21. The number of hydrogen-bond donors (Lipinski definition) is 0. The summed E-state index contributed by atoms with van der Waals surface area (Å²) in [7, 11) is 3.96. The van der Waals surface area contributed by atoms with Crippen molar-refractivity contribution >= 4 is 27.5 Å². The second-order valence-corrected chi connectivity index (χ2v) is 6.23. The van der Waals surface area contributed by atoms with Gasteiger partial charge >= 0.3 is 0 Å². The Morgan fingerprint density at radius 1 is 1.25 bits per heavy atom. The summed E-state index contributed by atoms with van der Waals surface area (Å²) in [6, 6.07) is 0. The van der Waals surface area contributed by atoms with Crippen LogP contribution in [0.2, 0.25) is 5.15 Å². The van der Waals surface area contributed by atoms with Gasteiger partial charge in [0.25, 0.3) is 0 Å². The van der Waals surface area contributed by atoms with Crippen molar-refractivity contribution in [1.82, 2.24) is 14.9 Å². The first-order valence-electron chi connectivity index (χ1n) is 5.09. The average molecular weight is 307 g/mol. The molecule has 1 rings (SSSR count). The molecule has 1 heterocycles. The Kier molecular flexibility index (Phi) is 4.32. The zero-order chi connectivity index (χ0) is 12.5. The van der Waals surface area contributed by atoms with Crippen molar-refractivity contribution in [3.63, 3.8) is 0 Å². The molecule has 0 saturated heterocycles. The van der Waals surface area contributed by atoms with Crippen molar-refractivity contribution in [2.75, 3.05) is 14.1 Å². The molecule has 0 aromatic carbocycles. The third-order valence-electron chi connectivity index (χ3n) is 2.03. The van der Waals surface area contributed by atoms with Crippen molar-refractivity contribution in [3.8, 4) is 0 Å². The highest BCUT2D eigenvalue weighted by Crippen LogP contribution is 2.32. The summed E-state index contributed by atoms with van der Waals surface area (Å²) in [6.45, 7) is 7.01. The minimum absolute atomic E-state index is 0.0491. The fourth-order valence-electron chi connectivity index (χ4n) is 1.31. The third-order valence-corrected chi connectivity index (χ3v) is 3.28. The van der Waals surface area contributed by atoms with E-state index < -0.39 is 0 Å². The van der Waals surface area contributed by atoms with Gasteiger partial charge in [-0.15, -0.1) is 0 Å². The van der Waals surface area contributed by atoms with Crippen LogP contribution in [0.25, 0.3) is 0 Å². The Morgan fingerprint density at radius 2 is 1.81 bits per heavy atom. The Hall–Kier alpha value is -0.190. The van der Waals surface area contributed by atoms with E-state index in [4.69, 9.17) is 11.6 Å². The predicted octanol–water partition coefficient (Wildman–Crippen LogP) is 3.25. The van der Waals surface area contributed by atoms with E-state index >= 15 is 0 Å². The predicted molar refractivity (Wildman–Crippen MR) is 70.8 cm³/mol. The quantitative estimate of drug-likeness (QED) is 0.785. The zero-order valence-corrected chi connectivity index (χ0v) is 12.6. The molecule has 1 aromatic heterocycles. The van der Waals surface area contributed by atoms with Crippen LogP contribution in [0.1, 0.15) is 32.3 Å². The first-order valence-corrected chi connectivity index (χ1v) is 6.26. The SMILES string of the molecule is CN(C)Cc1nc(Cl)c(Br)c(C(C)(C)C)n1.